The number of para-hydroxylation sites is 1. The van der Waals surface area contributed by atoms with E-state index in [0.717, 1.165) is 26.9 Å². The fraction of sp³-hybridized carbons (Fsp3) is 0.167. The first-order valence-corrected chi connectivity index (χ1v) is 12.0. The minimum Gasteiger partial charge on any atom is -0.300 e. The molecule has 1 N–H and O–H groups in total. The molecule has 0 spiro atoms. The van der Waals surface area contributed by atoms with Crippen LogP contribution < -0.4 is 16.6 Å². The highest BCUT2D eigenvalue weighted by Gasteiger charge is 2.17. The zero-order valence-corrected chi connectivity index (χ0v) is 19.6. The Kier molecular flexibility index (Phi) is 5.43. The maximum absolute atomic E-state index is 13.3. The minimum absolute atomic E-state index is 0.145. The van der Waals surface area contributed by atoms with E-state index in [9.17, 15) is 14.4 Å². The Morgan fingerprint density at radius 3 is 2.64 bits per heavy atom. The number of aryl methyl sites for hydroxylation is 2. The molecule has 3 heterocycles. The molecule has 0 aliphatic heterocycles. The molecule has 2 aromatic carbocycles. The zero-order chi connectivity index (χ0) is 23.1. The van der Waals surface area contributed by atoms with Crippen LogP contribution in [-0.4, -0.2) is 20.0 Å². The van der Waals surface area contributed by atoms with Crippen molar-refractivity contribution in [2.75, 3.05) is 5.32 Å². The van der Waals surface area contributed by atoms with Gasteiger partial charge in [0.2, 0.25) is 5.91 Å². The standard InChI is InChI=1S/C24H20N4O3S2/c1-14-7-8-16(11-15(14)2)12-28-22(30)21-18(9-10-32-21)27(24(28)31)13-20(29)26-23-25-17-5-3-4-6-19(17)33-23/h3-11H,12-13H2,1-2H3,(H,25,26,29). The van der Waals surface area contributed by atoms with Crippen LogP contribution in [0.5, 0.6) is 0 Å². The van der Waals surface area contributed by atoms with Crippen molar-refractivity contribution >= 4 is 54.1 Å². The Balaban J connectivity index is 1.50. The number of fused-ring (bicyclic) bond motifs is 2. The second kappa shape index (κ2) is 8.42. The number of thiophene rings is 1. The van der Waals surface area contributed by atoms with Gasteiger partial charge in [-0.25, -0.2) is 9.78 Å². The number of carbonyl (C=O) groups is 1. The molecule has 0 radical (unpaired) electrons. The van der Waals surface area contributed by atoms with Gasteiger partial charge in [0.1, 0.15) is 11.2 Å². The Labute approximate surface area is 196 Å². The van der Waals surface area contributed by atoms with Gasteiger partial charge in [-0.1, -0.05) is 41.7 Å². The number of hydrogen-bond acceptors (Lipinski definition) is 6. The lowest BCUT2D eigenvalue weighted by Gasteiger charge is -2.12. The van der Waals surface area contributed by atoms with Crippen molar-refractivity contribution in [3.63, 3.8) is 0 Å². The number of nitrogens with zero attached hydrogens (tertiary/aromatic N) is 3. The number of aromatic nitrogens is 3. The van der Waals surface area contributed by atoms with Crippen molar-refractivity contribution in [2.24, 2.45) is 0 Å². The molecule has 0 saturated heterocycles. The Bertz CT molecular complexity index is 1610. The SMILES string of the molecule is Cc1ccc(Cn2c(=O)c3sccc3n(CC(=O)Nc3nc4ccccc4s3)c2=O)cc1C. The summed E-state index contributed by atoms with van der Waals surface area (Å²) in [4.78, 5) is 43.6. The van der Waals surface area contributed by atoms with E-state index in [2.05, 4.69) is 10.3 Å². The topological polar surface area (TPSA) is 86.0 Å². The molecular weight excluding hydrogens is 456 g/mol. The van der Waals surface area contributed by atoms with Gasteiger partial charge in [0.15, 0.2) is 5.13 Å². The molecule has 0 bridgehead atoms. The summed E-state index contributed by atoms with van der Waals surface area (Å²) in [6, 6.07) is 15.2. The molecule has 5 rings (SSSR count). The summed E-state index contributed by atoms with van der Waals surface area (Å²) in [5.74, 6) is -0.375. The lowest BCUT2D eigenvalue weighted by atomic mass is 10.1. The van der Waals surface area contributed by atoms with Crippen LogP contribution in [-0.2, 0) is 17.9 Å². The van der Waals surface area contributed by atoms with E-state index in [1.54, 1.807) is 11.4 Å². The van der Waals surface area contributed by atoms with Gasteiger partial charge in [0, 0.05) is 0 Å². The number of hydrogen-bond donors (Lipinski definition) is 1. The van der Waals surface area contributed by atoms with Crippen molar-refractivity contribution in [1.29, 1.82) is 0 Å². The number of benzene rings is 2. The van der Waals surface area contributed by atoms with E-state index in [4.69, 9.17) is 0 Å². The molecule has 9 heteroatoms. The summed E-state index contributed by atoms with van der Waals surface area (Å²) in [5, 5.41) is 5.02. The van der Waals surface area contributed by atoms with Crippen LogP contribution in [0.15, 0.2) is 63.5 Å². The Morgan fingerprint density at radius 1 is 1.03 bits per heavy atom. The lowest BCUT2D eigenvalue weighted by molar-refractivity contribution is -0.116. The summed E-state index contributed by atoms with van der Waals surface area (Å²) in [7, 11) is 0. The van der Waals surface area contributed by atoms with Crippen molar-refractivity contribution in [3.8, 4) is 0 Å². The molecule has 3 aromatic heterocycles. The third-order valence-corrected chi connectivity index (χ3v) is 7.43. The summed E-state index contributed by atoms with van der Waals surface area (Å²) in [6.45, 7) is 3.94. The van der Waals surface area contributed by atoms with Crippen LogP contribution >= 0.6 is 22.7 Å². The largest absolute Gasteiger partial charge is 0.332 e. The molecule has 0 fully saturated rings. The highest BCUT2D eigenvalue weighted by Crippen LogP contribution is 2.25. The average molecular weight is 477 g/mol. The van der Waals surface area contributed by atoms with Gasteiger partial charge >= 0.3 is 5.69 Å². The van der Waals surface area contributed by atoms with E-state index < -0.39 is 5.69 Å². The van der Waals surface area contributed by atoms with Gasteiger partial charge < -0.3 is 5.32 Å². The Hall–Kier alpha value is -3.56. The van der Waals surface area contributed by atoms with Crippen molar-refractivity contribution in [3.05, 3.63) is 91.4 Å². The van der Waals surface area contributed by atoms with Crippen LogP contribution in [0.3, 0.4) is 0 Å². The van der Waals surface area contributed by atoms with Crippen LogP contribution in [0.4, 0.5) is 5.13 Å². The van der Waals surface area contributed by atoms with Crippen LogP contribution in [0.2, 0.25) is 0 Å². The van der Waals surface area contributed by atoms with E-state index >= 15 is 0 Å². The molecule has 1 amide bonds. The van der Waals surface area contributed by atoms with Crippen molar-refractivity contribution < 1.29 is 4.79 Å². The maximum Gasteiger partial charge on any atom is 0.332 e. The van der Waals surface area contributed by atoms with E-state index in [1.165, 1.54) is 31.8 Å². The van der Waals surface area contributed by atoms with Crippen LogP contribution in [0.1, 0.15) is 16.7 Å². The van der Waals surface area contributed by atoms with E-state index in [-0.39, 0.29) is 24.6 Å². The van der Waals surface area contributed by atoms with Gasteiger partial charge in [0.05, 0.1) is 22.3 Å². The molecule has 5 aromatic rings. The molecule has 0 saturated carbocycles. The fourth-order valence-corrected chi connectivity index (χ4v) is 5.46. The maximum atomic E-state index is 13.3. The van der Waals surface area contributed by atoms with Gasteiger partial charge in [-0.2, -0.15) is 0 Å². The van der Waals surface area contributed by atoms with Crippen LogP contribution in [0.25, 0.3) is 20.4 Å². The predicted octanol–water partition coefficient (Wildman–Crippen LogP) is 4.14. The number of anilines is 1. The predicted molar refractivity (Wildman–Crippen MR) is 134 cm³/mol. The highest BCUT2D eigenvalue weighted by molar-refractivity contribution is 7.22. The van der Waals surface area contributed by atoms with Crippen LogP contribution in [0, 0.1) is 13.8 Å². The molecule has 0 aliphatic carbocycles. The molecule has 33 heavy (non-hydrogen) atoms. The number of amides is 1. The average Bonchev–Trinajstić information content (AvgIpc) is 3.43. The quantitative estimate of drug-likeness (QED) is 0.413. The first kappa shape index (κ1) is 21.3. The zero-order valence-electron chi connectivity index (χ0n) is 18.0. The Morgan fingerprint density at radius 2 is 1.85 bits per heavy atom. The lowest BCUT2D eigenvalue weighted by Crippen LogP contribution is -2.41. The van der Waals surface area contributed by atoms with E-state index in [1.807, 2.05) is 56.3 Å². The monoisotopic (exact) mass is 476 g/mol. The van der Waals surface area contributed by atoms with Gasteiger partial charge in [-0.3, -0.25) is 18.7 Å². The van der Waals surface area contributed by atoms with Gasteiger partial charge in [-0.15, -0.1) is 11.3 Å². The molecule has 166 valence electrons. The number of carbonyl (C=O) groups excluding carboxylic acids is 1. The highest BCUT2D eigenvalue weighted by atomic mass is 32.1. The third kappa shape index (κ3) is 4.01. The molecule has 7 nitrogen and oxygen atoms in total. The van der Waals surface area contributed by atoms with E-state index in [0.29, 0.717) is 15.3 Å². The number of rotatable bonds is 5. The molecule has 0 aliphatic rings. The first-order chi connectivity index (χ1) is 15.9. The molecule has 0 atom stereocenters. The summed E-state index contributed by atoms with van der Waals surface area (Å²) in [6.07, 6.45) is 0. The normalized spacial score (nSPS) is 11.3. The van der Waals surface area contributed by atoms with Gasteiger partial charge in [0.25, 0.3) is 5.56 Å². The molecule has 0 unspecified atom stereocenters. The summed E-state index contributed by atoms with van der Waals surface area (Å²) in [5.41, 5.74) is 3.51. The second-order valence-electron chi connectivity index (χ2n) is 7.85. The number of thiazole rings is 1. The summed E-state index contributed by atoms with van der Waals surface area (Å²) < 4.78 is 3.98. The summed E-state index contributed by atoms with van der Waals surface area (Å²) >= 11 is 2.64. The second-order valence-corrected chi connectivity index (χ2v) is 9.80. The minimum atomic E-state index is -0.511. The smallest absolute Gasteiger partial charge is 0.300 e. The molecular formula is C24H20N4O3S2. The third-order valence-electron chi connectivity index (χ3n) is 5.59. The van der Waals surface area contributed by atoms with Gasteiger partial charge in [-0.05, 0) is 54.1 Å². The van der Waals surface area contributed by atoms with Crippen molar-refractivity contribution in [1.82, 2.24) is 14.1 Å². The first-order valence-electron chi connectivity index (χ1n) is 10.3. The fourth-order valence-electron chi connectivity index (χ4n) is 3.74. The number of nitrogens with one attached hydrogen (secondary N) is 1. The van der Waals surface area contributed by atoms with Crippen molar-refractivity contribution in [2.45, 2.75) is 26.9 Å².